The highest BCUT2D eigenvalue weighted by molar-refractivity contribution is 7.92. The van der Waals surface area contributed by atoms with Gasteiger partial charge in [0.2, 0.25) is 0 Å². The Kier molecular flexibility index (Phi) is 5.56. The molecule has 0 bridgehead atoms. The van der Waals surface area contributed by atoms with E-state index >= 15 is 0 Å². The van der Waals surface area contributed by atoms with E-state index in [9.17, 15) is 13.2 Å². The Morgan fingerprint density at radius 3 is 2.07 bits per heavy atom. The van der Waals surface area contributed by atoms with Gasteiger partial charge in [-0.3, -0.25) is 9.10 Å². The zero-order valence-corrected chi connectivity index (χ0v) is 16.8. The number of hydrogen-bond acceptors (Lipinski definition) is 3. The predicted octanol–water partition coefficient (Wildman–Crippen LogP) is 3.63. The summed E-state index contributed by atoms with van der Waals surface area (Å²) in [5.41, 5.74) is 1.12. The van der Waals surface area contributed by atoms with Gasteiger partial charge in [-0.05, 0) is 54.7 Å². The number of nitrogens with zero attached hydrogens (tertiary/aromatic N) is 2. The van der Waals surface area contributed by atoms with Gasteiger partial charge < -0.3 is 4.90 Å². The lowest BCUT2D eigenvalue weighted by Gasteiger charge is -2.35. The number of likely N-dealkylation sites (tertiary alicyclic amines) is 1. The fourth-order valence-corrected chi connectivity index (χ4v) is 4.91. The molecule has 1 heterocycles. The van der Waals surface area contributed by atoms with Crippen LogP contribution in [0.3, 0.4) is 0 Å². The van der Waals surface area contributed by atoms with Gasteiger partial charge in [0.15, 0.2) is 0 Å². The number of amides is 1. The average Bonchev–Trinajstić information content (AvgIpc) is 2.67. The molecule has 2 aromatic carbocycles. The molecule has 0 saturated carbocycles. The molecule has 0 spiro atoms. The monoisotopic (exact) mass is 386 g/mol. The summed E-state index contributed by atoms with van der Waals surface area (Å²) in [7, 11) is -2.14. The Morgan fingerprint density at radius 1 is 0.963 bits per heavy atom. The Bertz CT molecular complexity index is 885. The second kappa shape index (κ2) is 7.72. The number of piperidine rings is 1. The van der Waals surface area contributed by atoms with Crippen LogP contribution in [0, 0.1) is 11.8 Å². The zero-order valence-electron chi connectivity index (χ0n) is 16.0. The molecule has 3 rings (SSSR count). The highest BCUT2D eigenvalue weighted by atomic mass is 32.2. The highest BCUT2D eigenvalue weighted by Crippen LogP contribution is 2.24. The smallest absolute Gasteiger partial charge is 0.264 e. The molecule has 2 aromatic rings. The van der Waals surface area contributed by atoms with E-state index in [1.54, 1.807) is 36.4 Å². The van der Waals surface area contributed by atoms with Crippen LogP contribution in [0.1, 0.15) is 30.6 Å². The van der Waals surface area contributed by atoms with Crippen molar-refractivity contribution in [2.45, 2.75) is 25.2 Å². The lowest BCUT2D eigenvalue weighted by atomic mass is 9.91. The zero-order chi connectivity index (χ0) is 19.6. The van der Waals surface area contributed by atoms with Crippen molar-refractivity contribution in [1.29, 1.82) is 0 Å². The molecule has 2 unspecified atom stereocenters. The Labute approximate surface area is 161 Å². The second-order valence-corrected chi connectivity index (χ2v) is 9.46. The first kappa shape index (κ1) is 19.4. The van der Waals surface area contributed by atoms with Crippen molar-refractivity contribution >= 4 is 21.6 Å². The minimum absolute atomic E-state index is 0.0336. The minimum atomic E-state index is -3.67. The van der Waals surface area contributed by atoms with E-state index in [1.807, 2.05) is 11.0 Å². The molecule has 0 aromatic heterocycles. The van der Waals surface area contributed by atoms with Gasteiger partial charge in [0.1, 0.15) is 0 Å². The van der Waals surface area contributed by atoms with Gasteiger partial charge in [0, 0.05) is 25.7 Å². The molecule has 2 atom stereocenters. The van der Waals surface area contributed by atoms with Crippen LogP contribution in [0.5, 0.6) is 0 Å². The third-order valence-electron chi connectivity index (χ3n) is 5.04. The molecule has 5 nitrogen and oxygen atoms in total. The van der Waals surface area contributed by atoms with E-state index in [-0.39, 0.29) is 10.8 Å². The summed E-state index contributed by atoms with van der Waals surface area (Å²) in [6.07, 6.45) is 1.13. The maximum atomic E-state index is 12.8. The standard InChI is InChI=1S/C21H26N2O3S/c1-16-13-17(2)15-23(14-16)21(24)18-9-11-20(12-10-18)27(25,26)22(3)19-7-5-4-6-8-19/h4-12,16-17H,13-15H2,1-3H3. The van der Waals surface area contributed by atoms with Gasteiger partial charge in [-0.15, -0.1) is 0 Å². The van der Waals surface area contributed by atoms with Crippen molar-refractivity contribution < 1.29 is 13.2 Å². The average molecular weight is 387 g/mol. The van der Waals surface area contributed by atoms with E-state index in [1.165, 1.54) is 23.5 Å². The second-order valence-electron chi connectivity index (χ2n) is 7.49. The number of benzene rings is 2. The van der Waals surface area contributed by atoms with E-state index in [2.05, 4.69) is 13.8 Å². The van der Waals surface area contributed by atoms with Gasteiger partial charge in [-0.1, -0.05) is 32.0 Å². The first-order valence-electron chi connectivity index (χ1n) is 9.22. The van der Waals surface area contributed by atoms with Gasteiger partial charge >= 0.3 is 0 Å². The van der Waals surface area contributed by atoms with Crippen molar-refractivity contribution in [3.63, 3.8) is 0 Å². The first-order chi connectivity index (χ1) is 12.8. The summed E-state index contributed by atoms with van der Waals surface area (Å²) in [5, 5.41) is 0. The number of para-hydroxylation sites is 1. The van der Waals surface area contributed by atoms with Crippen LogP contribution < -0.4 is 4.31 Å². The van der Waals surface area contributed by atoms with E-state index in [0.717, 1.165) is 19.5 Å². The normalized spacial score (nSPS) is 20.3. The summed E-state index contributed by atoms with van der Waals surface area (Å²) in [6.45, 7) is 5.82. The van der Waals surface area contributed by atoms with Crippen molar-refractivity contribution in [2.75, 3.05) is 24.4 Å². The third-order valence-corrected chi connectivity index (χ3v) is 6.84. The molecule has 0 radical (unpaired) electrons. The lowest BCUT2D eigenvalue weighted by Crippen LogP contribution is -2.42. The fourth-order valence-electron chi connectivity index (χ4n) is 3.72. The first-order valence-corrected chi connectivity index (χ1v) is 10.7. The summed E-state index contributed by atoms with van der Waals surface area (Å²) >= 11 is 0. The third kappa shape index (κ3) is 4.16. The maximum absolute atomic E-state index is 12.8. The molecular weight excluding hydrogens is 360 g/mol. The topological polar surface area (TPSA) is 57.7 Å². The van der Waals surface area contributed by atoms with Gasteiger partial charge in [0.05, 0.1) is 10.6 Å². The molecule has 144 valence electrons. The fraction of sp³-hybridized carbons (Fsp3) is 0.381. The van der Waals surface area contributed by atoms with Crippen molar-refractivity contribution in [3.8, 4) is 0 Å². The Hall–Kier alpha value is -2.34. The molecule has 1 fully saturated rings. The number of carbonyl (C=O) groups is 1. The van der Waals surface area contributed by atoms with E-state index in [4.69, 9.17) is 0 Å². The molecule has 0 N–H and O–H groups in total. The van der Waals surface area contributed by atoms with Crippen LogP contribution in [0.25, 0.3) is 0 Å². The van der Waals surface area contributed by atoms with Crippen LogP contribution in [-0.4, -0.2) is 39.4 Å². The number of anilines is 1. The van der Waals surface area contributed by atoms with Crippen LogP contribution >= 0.6 is 0 Å². The summed E-state index contributed by atoms with van der Waals surface area (Å²) in [6, 6.07) is 15.2. The van der Waals surface area contributed by atoms with Gasteiger partial charge in [-0.25, -0.2) is 8.42 Å². The molecule has 1 amide bonds. The van der Waals surface area contributed by atoms with Crippen molar-refractivity contribution in [1.82, 2.24) is 4.90 Å². The quantitative estimate of drug-likeness (QED) is 0.806. The number of sulfonamides is 1. The molecule has 0 aliphatic carbocycles. The molecule has 1 saturated heterocycles. The van der Waals surface area contributed by atoms with E-state index in [0.29, 0.717) is 23.1 Å². The molecule has 27 heavy (non-hydrogen) atoms. The lowest BCUT2D eigenvalue weighted by molar-refractivity contribution is 0.0623. The minimum Gasteiger partial charge on any atom is -0.338 e. The van der Waals surface area contributed by atoms with Crippen LogP contribution in [0.2, 0.25) is 0 Å². The summed E-state index contributed by atoms with van der Waals surface area (Å²) < 4.78 is 26.9. The van der Waals surface area contributed by atoms with Gasteiger partial charge in [0.25, 0.3) is 15.9 Å². The van der Waals surface area contributed by atoms with Gasteiger partial charge in [-0.2, -0.15) is 0 Å². The SMILES string of the molecule is CC1CC(C)CN(C(=O)c2ccc(S(=O)(=O)N(C)c3ccccc3)cc2)C1. The number of carbonyl (C=O) groups excluding carboxylic acids is 1. The number of rotatable bonds is 4. The largest absolute Gasteiger partial charge is 0.338 e. The predicted molar refractivity (Wildman–Crippen MR) is 107 cm³/mol. The maximum Gasteiger partial charge on any atom is 0.264 e. The van der Waals surface area contributed by atoms with Crippen LogP contribution in [0.15, 0.2) is 59.5 Å². The van der Waals surface area contributed by atoms with Crippen molar-refractivity contribution in [2.24, 2.45) is 11.8 Å². The summed E-state index contributed by atoms with van der Waals surface area (Å²) in [5.74, 6) is 0.933. The molecule has 6 heteroatoms. The van der Waals surface area contributed by atoms with E-state index < -0.39 is 10.0 Å². The van der Waals surface area contributed by atoms with Crippen molar-refractivity contribution in [3.05, 3.63) is 60.2 Å². The highest BCUT2D eigenvalue weighted by Gasteiger charge is 2.27. The molecule has 1 aliphatic rings. The number of hydrogen-bond donors (Lipinski definition) is 0. The summed E-state index contributed by atoms with van der Waals surface area (Å²) in [4.78, 5) is 14.8. The Balaban J connectivity index is 1.79. The Morgan fingerprint density at radius 2 is 1.52 bits per heavy atom. The molecular formula is C21H26N2O3S. The van der Waals surface area contributed by atoms with Crippen LogP contribution in [-0.2, 0) is 10.0 Å². The molecule has 1 aliphatic heterocycles. The van der Waals surface area contributed by atoms with Crippen LogP contribution in [0.4, 0.5) is 5.69 Å².